The molecule has 1 heterocycles. The van der Waals surface area contributed by atoms with Crippen molar-refractivity contribution in [1.82, 2.24) is 14.9 Å². The summed E-state index contributed by atoms with van der Waals surface area (Å²) in [7, 11) is 0. The van der Waals surface area contributed by atoms with Crippen molar-refractivity contribution in [2.45, 2.75) is 26.3 Å². The largest absolute Gasteiger partial charge is 0.480 e. The van der Waals surface area contributed by atoms with Crippen LogP contribution in [-0.4, -0.2) is 43.9 Å². The molecule has 1 aromatic rings. The molecule has 1 rings (SSSR count). The quantitative estimate of drug-likeness (QED) is 0.791. The van der Waals surface area contributed by atoms with Gasteiger partial charge in [0.05, 0.1) is 6.20 Å². The minimum atomic E-state index is -1.34. The van der Waals surface area contributed by atoms with Crippen LogP contribution < -0.4 is 5.56 Å². The number of carbonyl (C=O) groups excluding carboxylic acids is 1. The van der Waals surface area contributed by atoms with Crippen molar-refractivity contribution < 1.29 is 14.7 Å². The summed E-state index contributed by atoms with van der Waals surface area (Å²) in [5, 5.41) is 9.11. The molecule has 2 N–H and O–H groups in total. The van der Waals surface area contributed by atoms with Crippen molar-refractivity contribution >= 4 is 11.9 Å². The molecule has 0 unspecified atom stereocenters. The first kappa shape index (κ1) is 13.9. The number of carboxylic acids is 1. The summed E-state index contributed by atoms with van der Waals surface area (Å²) in [6.45, 7) is 4.76. The Morgan fingerprint density at radius 1 is 1.50 bits per heavy atom. The molecule has 0 aromatic carbocycles. The monoisotopic (exact) mass is 253 g/mol. The summed E-state index contributed by atoms with van der Waals surface area (Å²) >= 11 is 0. The fourth-order valence-electron chi connectivity index (χ4n) is 1.51. The third-order valence-corrected chi connectivity index (χ3v) is 2.65. The Balaban J connectivity index is 3.10. The molecule has 0 saturated carbocycles. The zero-order valence-electron chi connectivity index (χ0n) is 10.4. The lowest BCUT2D eigenvalue weighted by Crippen LogP contribution is -2.53. The summed E-state index contributed by atoms with van der Waals surface area (Å²) in [5.74, 6) is -1.65. The Morgan fingerprint density at radius 2 is 2.11 bits per heavy atom. The van der Waals surface area contributed by atoms with Gasteiger partial charge < -0.3 is 15.0 Å². The number of aliphatic carboxylic acids is 1. The van der Waals surface area contributed by atoms with Crippen LogP contribution >= 0.6 is 0 Å². The van der Waals surface area contributed by atoms with Gasteiger partial charge in [0, 0.05) is 12.7 Å². The van der Waals surface area contributed by atoms with Crippen LogP contribution in [0, 0.1) is 0 Å². The lowest BCUT2D eigenvalue weighted by Gasteiger charge is -2.33. The second-order valence-electron chi connectivity index (χ2n) is 4.21. The van der Waals surface area contributed by atoms with Crippen LogP contribution in [0.15, 0.2) is 17.2 Å². The number of carbonyl (C=O) groups is 2. The Kier molecular flexibility index (Phi) is 3.85. The molecule has 1 amide bonds. The molecule has 7 nitrogen and oxygen atoms in total. The Bertz CT molecular complexity index is 501. The van der Waals surface area contributed by atoms with E-state index in [1.54, 1.807) is 6.92 Å². The van der Waals surface area contributed by atoms with Crippen LogP contribution in [-0.2, 0) is 4.79 Å². The Labute approximate surface area is 103 Å². The average Bonchev–Trinajstić information content (AvgIpc) is 2.30. The number of carboxylic acid groups (broad SMARTS) is 1. The number of nitrogens with one attached hydrogen (secondary N) is 1. The molecule has 7 heteroatoms. The number of likely N-dealkylation sites (N-methyl/N-ethyl adjacent to an activating group) is 1. The lowest BCUT2D eigenvalue weighted by molar-refractivity contribution is -0.147. The maximum absolute atomic E-state index is 12.1. The first-order valence-electron chi connectivity index (χ1n) is 5.40. The summed E-state index contributed by atoms with van der Waals surface area (Å²) < 4.78 is 0. The van der Waals surface area contributed by atoms with Gasteiger partial charge in [-0.1, -0.05) is 0 Å². The Hall–Kier alpha value is -2.18. The number of nitrogens with zero attached hydrogens (tertiary/aromatic N) is 2. The maximum atomic E-state index is 12.1. The van der Waals surface area contributed by atoms with Crippen LogP contribution in [0.4, 0.5) is 0 Å². The molecule has 1 aromatic heterocycles. The minimum Gasteiger partial charge on any atom is -0.480 e. The van der Waals surface area contributed by atoms with Gasteiger partial charge in [0.15, 0.2) is 0 Å². The van der Waals surface area contributed by atoms with Crippen LogP contribution in [0.5, 0.6) is 0 Å². The third kappa shape index (κ3) is 2.55. The van der Waals surface area contributed by atoms with Crippen LogP contribution in [0.25, 0.3) is 0 Å². The second-order valence-corrected chi connectivity index (χ2v) is 4.21. The molecule has 98 valence electrons. The van der Waals surface area contributed by atoms with Crippen LogP contribution in [0.1, 0.15) is 31.3 Å². The van der Waals surface area contributed by atoms with E-state index in [2.05, 4.69) is 9.97 Å². The number of rotatable bonds is 4. The fraction of sp³-hybridized carbons (Fsp3) is 0.455. The number of hydrogen-bond donors (Lipinski definition) is 2. The average molecular weight is 253 g/mol. The molecular formula is C11H15N3O4. The first-order chi connectivity index (χ1) is 8.30. The number of H-pyrrole nitrogens is 1. The van der Waals surface area contributed by atoms with Crippen molar-refractivity contribution in [3.05, 3.63) is 28.4 Å². The highest BCUT2D eigenvalue weighted by molar-refractivity contribution is 5.95. The number of amides is 1. The van der Waals surface area contributed by atoms with E-state index >= 15 is 0 Å². The molecule has 0 fully saturated rings. The SMILES string of the molecule is CCN(C(=O)c1c[nH]c(=O)cn1)C(C)(C)C(=O)O. The van der Waals surface area contributed by atoms with Gasteiger partial charge >= 0.3 is 5.97 Å². The maximum Gasteiger partial charge on any atom is 0.329 e. The van der Waals surface area contributed by atoms with Crippen molar-refractivity contribution in [2.24, 2.45) is 0 Å². The molecule has 0 radical (unpaired) electrons. The zero-order valence-corrected chi connectivity index (χ0v) is 10.4. The third-order valence-electron chi connectivity index (χ3n) is 2.65. The normalized spacial score (nSPS) is 11.1. The van der Waals surface area contributed by atoms with E-state index in [1.165, 1.54) is 24.9 Å². The number of aromatic nitrogens is 2. The molecule has 0 aliphatic carbocycles. The second kappa shape index (κ2) is 4.99. The smallest absolute Gasteiger partial charge is 0.329 e. The molecule has 18 heavy (non-hydrogen) atoms. The molecule has 0 saturated heterocycles. The molecular weight excluding hydrogens is 238 g/mol. The van der Waals surface area contributed by atoms with Crippen molar-refractivity contribution in [3.63, 3.8) is 0 Å². The topological polar surface area (TPSA) is 103 Å². The van der Waals surface area contributed by atoms with Gasteiger partial charge in [-0.25, -0.2) is 9.78 Å². The van der Waals surface area contributed by atoms with E-state index in [0.29, 0.717) is 0 Å². The predicted octanol–water partition coefficient (Wildman–Crippen LogP) is 0.0952. The van der Waals surface area contributed by atoms with E-state index in [9.17, 15) is 14.4 Å². The van der Waals surface area contributed by atoms with Crippen molar-refractivity contribution in [3.8, 4) is 0 Å². The summed E-state index contributed by atoms with van der Waals surface area (Å²) in [6, 6.07) is 0. The first-order valence-corrected chi connectivity index (χ1v) is 5.40. The van der Waals surface area contributed by atoms with Crippen molar-refractivity contribution in [2.75, 3.05) is 6.54 Å². The van der Waals surface area contributed by atoms with Crippen LogP contribution in [0.2, 0.25) is 0 Å². The van der Waals surface area contributed by atoms with Gasteiger partial charge in [-0.15, -0.1) is 0 Å². The molecule has 0 aliphatic rings. The lowest BCUT2D eigenvalue weighted by atomic mass is 10.0. The predicted molar refractivity (Wildman–Crippen MR) is 63.3 cm³/mol. The minimum absolute atomic E-state index is 0.00535. The van der Waals surface area contributed by atoms with Crippen LogP contribution in [0.3, 0.4) is 0 Å². The van der Waals surface area contributed by atoms with E-state index in [4.69, 9.17) is 5.11 Å². The Morgan fingerprint density at radius 3 is 2.50 bits per heavy atom. The molecule has 0 atom stereocenters. The molecule has 0 aliphatic heterocycles. The highest BCUT2D eigenvalue weighted by Crippen LogP contribution is 2.16. The summed E-state index contributed by atoms with van der Waals surface area (Å²) in [4.78, 5) is 41.3. The number of hydrogen-bond acceptors (Lipinski definition) is 4. The standard InChI is InChI=1S/C11H15N3O4/c1-4-14(11(2,3)10(17)18)9(16)7-5-13-8(15)6-12-7/h5-6H,4H2,1-3H3,(H,13,15)(H,17,18). The van der Waals surface area contributed by atoms with E-state index < -0.39 is 23.0 Å². The molecule has 0 bridgehead atoms. The van der Waals surface area contributed by atoms with E-state index in [-0.39, 0.29) is 12.2 Å². The number of aromatic amines is 1. The van der Waals surface area contributed by atoms with Gasteiger partial charge in [-0.3, -0.25) is 9.59 Å². The van der Waals surface area contributed by atoms with Gasteiger partial charge in [-0.05, 0) is 20.8 Å². The van der Waals surface area contributed by atoms with Gasteiger partial charge in [0.1, 0.15) is 11.2 Å². The summed E-state index contributed by atoms with van der Waals surface area (Å²) in [6.07, 6.45) is 2.15. The van der Waals surface area contributed by atoms with E-state index in [1.807, 2.05) is 0 Å². The van der Waals surface area contributed by atoms with Gasteiger partial charge in [-0.2, -0.15) is 0 Å². The fourth-order valence-corrected chi connectivity index (χ4v) is 1.51. The molecule has 0 spiro atoms. The summed E-state index contributed by atoms with van der Waals surface area (Å²) in [5.41, 5.74) is -1.76. The van der Waals surface area contributed by atoms with Gasteiger partial charge in [0.2, 0.25) is 0 Å². The highest BCUT2D eigenvalue weighted by atomic mass is 16.4. The zero-order chi connectivity index (χ0) is 13.9. The van der Waals surface area contributed by atoms with Gasteiger partial charge in [0.25, 0.3) is 11.5 Å². The highest BCUT2D eigenvalue weighted by Gasteiger charge is 2.37. The van der Waals surface area contributed by atoms with Crippen molar-refractivity contribution in [1.29, 1.82) is 0 Å². The van der Waals surface area contributed by atoms with E-state index in [0.717, 1.165) is 6.20 Å².